The second kappa shape index (κ2) is 7.80. The summed E-state index contributed by atoms with van der Waals surface area (Å²) < 4.78 is 33.6. The molecule has 0 N–H and O–H groups in total. The highest BCUT2D eigenvalue weighted by atomic mass is 19.1. The highest BCUT2D eigenvalue weighted by Gasteiger charge is 2.26. The van der Waals surface area contributed by atoms with Crippen LogP contribution in [0.25, 0.3) is 5.69 Å². The predicted molar refractivity (Wildman–Crippen MR) is 99.4 cm³/mol. The summed E-state index contributed by atoms with van der Waals surface area (Å²) in [4.78, 5) is 14.6. The average Bonchev–Trinajstić information content (AvgIpc) is 3.38. The number of halogens is 2. The Balaban J connectivity index is 1.62. The fraction of sp³-hybridized carbons (Fsp3) is 0.238. The minimum Gasteiger partial charge on any atom is -0.485 e. The van der Waals surface area contributed by atoms with Crippen molar-refractivity contribution in [1.82, 2.24) is 14.7 Å². The Morgan fingerprint density at radius 1 is 0.964 bits per heavy atom. The Kier molecular flexibility index (Phi) is 5.06. The summed E-state index contributed by atoms with van der Waals surface area (Å²) in [7, 11) is 0. The van der Waals surface area contributed by atoms with Crippen molar-refractivity contribution in [3.05, 3.63) is 77.6 Å². The van der Waals surface area contributed by atoms with Crippen molar-refractivity contribution >= 4 is 5.91 Å². The van der Waals surface area contributed by atoms with Gasteiger partial charge in [-0.15, -0.1) is 0 Å². The summed E-state index contributed by atoms with van der Waals surface area (Å²) in [6.07, 6.45) is 3.55. The zero-order chi connectivity index (χ0) is 19.5. The van der Waals surface area contributed by atoms with Gasteiger partial charge >= 0.3 is 0 Å². The molecule has 5 nitrogen and oxygen atoms in total. The number of likely N-dealkylation sites (tertiary alicyclic amines) is 1. The van der Waals surface area contributed by atoms with Crippen molar-refractivity contribution in [2.24, 2.45) is 0 Å². The number of nitrogens with zero attached hydrogens (tertiary/aromatic N) is 3. The third-order valence-electron chi connectivity index (χ3n) is 4.68. The molecule has 0 unspecified atom stereocenters. The van der Waals surface area contributed by atoms with E-state index < -0.39 is 0 Å². The Bertz CT molecular complexity index is 962. The molecule has 1 saturated heterocycles. The molecule has 1 fully saturated rings. The van der Waals surface area contributed by atoms with Crippen LogP contribution >= 0.6 is 0 Å². The van der Waals surface area contributed by atoms with E-state index in [1.54, 1.807) is 35.4 Å². The smallest absolute Gasteiger partial charge is 0.278 e. The van der Waals surface area contributed by atoms with E-state index in [0.717, 1.165) is 18.4 Å². The molecular formula is C21H19F2N3O2. The number of amides is 1. The number of carbonyl (C=O) groups is 1. The van der Waals surface area contributed by atoms with Gasteiger partial charge in [0.1, 0.15) is 18.2 Å². The lowest BCUT2D eigenvalue weighted by molar-refractivity contribution is 0.0781. The Morgan fingerprint density at radius 3 is 2.21 bits per heavy atom. The van der Waals surface area contributed by atoms with Crippen LogP contribution in [-0.4, -0.2) is 33.7 Å². The average molecular weight is 383 g/mol. The second-order valence-electron chi connectivity index (χ2n) is 6.68. The molecule has 2 heterocycles. The maximum Gasteiger partial charge on any atom is 0.278 e. The standard InChI is InChI=1S/C21H19F2N3O2/c22-16-5-3-15(4-6-16)14-28-19-13-26(18-9-7-17(23)8-10-18)24-20(19)21(27)25-11-1-2-12-25/h3-10,13H,1-2,11-12,14H2. The van der Waals surface area contributed by atoms with Gasteiger partial charge in [0.2, 0.25) is 0 Å². The van der Waals surface area contributed by atoms with Gasteiger partial charge in [-0.1, -0.05) is 12.1 Å². The number of hydrogen-bond acceptors (Lipinski definition) is 3. The minimum atomic E-state index is -0.350. The Morgan fingerprint density at radius 2 is 1.57 bits per heavy atom. The van der Waals surface area contributed by atoms with Gasteiger partial charge in [0.15, 0.2) is 11.4 Å². The van der Waals surface area contributed by atoms with Gasteiger partial charge in [0.25, 0.3) is 5.91 Å². The van der Waals surface area contributed by atoms with Gasteiger partial charge in [-0.25, -0.2) is 13.5 Å². The number of ether oxygens (including phenoxy) is 1. The van der Waals surface area contributed by atoms with Gasteiger partial charge in [-0.05, 0) is 54.8 Å². The molecule has 0 atom stereocenters. The van der Waals surface area contributed by atoms with Crippen LogP contribution in [0.4, 0.5) is 8.78 Å². The monoisotopic (exact) mass is 383 g/mol. The molecule has 0 aliphatic carbocycles. The van der Waals surface area contributed by atoms with Crippen LogP contribution < -0.4 is 4.74 Å². The van der Waals surface area contributed by atoms with E-state index in [1.807, 2.05) is 0 Å². The first-order chi connectivity index (χ1) is 13.6. The number of aromatic nitrogens is 2. The molecule has 1 amide bonds. The molecule has 7 heteroatoms. The fourth-order valence-electron chi connectivity index (χ4n) is 3.15. The first-order valence-electron chi connectivity index (χ1n) is 9.12. The third kappa shape index (κ3) is 3.88. The van der Waals surface area contributed by atoms with Crippen LogP contribution in [-0.2, 0) is 6.61 Å². The quantitative estimate of drug-likeness (QED) is 0.670. The highest BCUT2D eigenvalue weighted by Crippen LogP contribution is 2.24. The van der Waals surface area contributed by atoms with E-state index in [9.17, 15) is 13.6 Å². The molecule has 3 aromatic rings. The summed E-state index contributed by atoms with van der Waals surface area (Å²) in [5.74, 6) is -0.521. The highest BCUT2D eigenvalue weighted by molar-refractivity contribution is 5.95. The minimum absolute atomic E-state index is 0.176. The summed E-state index contributed by atoms with van der Waals surface area (Å²) in [5.41, 5.74) is 1.61. The van der Waals surface area contributed by atoms with Crippen LogP contribution in [0.1, 0.15) is 28.9 Å². The topological polar surface area (TPSA) is 47.4 Å². The molecule has 0 bridgehead atoms. The number of hydrogen-bond donors (Lipinski definition) is 0. The molecule has 28 heavy (non-hydrogen) atoms. The predicted octanol–water partition coefficient (Wildman–Crippen LogP) is 3.97. The summed E-state index contributed by atoms with van der Waals surface area (Å²) >= 11 is 0. The number of rotatable bonds is 5. The first kappa shape index (κ1) is 18.2. The van der Waals surface area contributed by atoms with Gasteiger partial charge in [-0.2, -0.15) is 5.10 Å². The molecule has 1 aliphatic rings. The molecule has 0 saturated carbocycles. The zero-order valence-electron chi connectivity index (χ0n) is 15.1. The lowest BCUT2D eigenvalue weighted by Gasteiger charge is -2.14. The van der Waals surface area contributed by atoms with Gasteiger partial charge in [0.05, 0.1) is 11.9 Å². The van der Waals surface area contributed by atoms with Gasteiger partial charge in [-0.3, -0.25) is 4.79 Å². The lowest BCUT2D eigenvalue weighted by atomic mass is 10.2. The maximum absolute atomic E-state index is 13.2. The lowest BCUT2D eigenvalue weighted by Crippen LogP contribution is -2.28. The van der Waals surface area contributed by atoms with Crippen molar-refractivity contribution in [1.29, 1.82) is 0 Å². The van der Waals surface area contributed by atoms with E-state index in [4.69, 9.17) is 4.74 Å². The SMILES string of the molecule is O=C(c1nn(-c2ccc(F)cc2)cc1OCc1ccc(F)cc1)N1CCCC1. The van der Waals surface area contributed by atoms with Crippen LogP contribution in [0.2, 0.25) is 0 Å². The van der Waals surface area contributed by atoms with E-state index in [2.05, 4.69) is 5.10 Å². The second-order valence-corrected chi connectivity index (χ2v) is 6.68. The Labute approximate surface area is 161 Å². The van der Waals surface area contributed by atoms with Crippen molar-refractivity contribution < 1.29 is 18.3 Å². The molecule has 0 radical (unpaired) electrons. The molecular weight excluding hydrogens is 364 g/mol. The largest absolute Gasteiger partial charge is 0.485 e. The van der Waals surface area contributed by atoms with Crippen molar-refractivity contribution in [3.8, 4) is 11.4 Å². The van der Waals surface area contributed by atoms with Gasteiger partial charge in [0, 0.05) is 13.1 Å². The molecule has 0 spiro atoms. The zero-order valence-corrected chi connectivity index (χ0v) is 15.1. The maximum atomic E-state index is 13.2. The number of benzene rings is 2. The van der Waals surface area contributed by atoms with Crippen LogP contribution in [0.3, 0.4) is 0 Å². The first-order valence-corrected chi connectivity index (χ1v) is 9.12. The molecule has 2 aromatic carbocycles. The molecule has 144 valence electrons. The number of carbonyl (C=O) groups excluding carboxylic acids is 1. The van der Waals surface area contributed by atoms with Crippen LogP contribution in [0, 0.1) is 11.6 Å². The molecule has 4 rings (SSSR count). The Hall–Kier alpha value is -3.22. The molecule has 1 aromatic heterocycles. The van der Waals surface area contributed by atoms with Crippen molar-refractivity contribution in [2.75, 3.05) is 13.1 Å². The van der Waals surface area contributed by atoms with E-state index in [-0.39, 0.29) is 29.8 Å². The van der Waals surface area contributed by atoms with E-state index >= 15 is 0 Å². The van der Waals surface area contributed by atoms with Crippen LogP contribution in [0.5, 0.6) is 5.75 Å². The third-order valence-corrected chi connectivity index (χ3v) is 4.68. The summed E-state index contributed by atoms with van der Waals surface area (Å²) in [5, 5.41) is 4.40. The van der Waals surface area contributed by atoms with Gasteiger partial charge < -0.3 is 9.64 Å². The fourth-order valence-corrected chi connectivity index (χ4v) is 3.15. The summed E-state index contributed by atoms with van der Waals surface area (Å²) in [6.45, 7) is 1.56. The normalized spacial score (nSPS) is 13.7. The van der Waals surface area contributed by atoms with E-state index in [0.29, 0.717) is 24.5 Å². The van der Waals surface area contributed by atoms with Crippen molar-refractivity contribution in [2.45, 2.75) is 19.4 Å². The van der Waals surface area contributed by atoms with Crippen LogP contribution in [0.15, 0.2) is 54.7 Å². The summed E-state index contributed by atoms with van der Waals surface area (Å²) in [6, 6.07) is 11.8. The van der Waals surface area contributed by atoms with Crippen molar-refractivity contribution in [3.63, 3.8) is 0 Å². The molecule has 1 aliphatic heterocycles. The van der Waals surface area contributed by atoms with E-state index in [1.165, 1.54) is 28.9 Å².